The van der Waals surface area contributed by atoms with E-state index in [0.717, 1.165) is 6.42 Å². The maximum absolute atomic E-state index is 10.6. The molecule has 2 atom stereocenters. The molecule has 0 aliphatic heterocycles. The third-order valence-corrected chi connectivity index (χ3v) is 4.62. The average Bonchev–Trinajstić information content (AvgIpc) is 2.26. The number of aliphatic hydroxyl groups is 1. The van der Waals surface area contributed by atoms with Crippen molar-refractivity contribution in [3.05, 3.63) is 11.6 Å². The van der Waals surface area contributed by atoms with Crippen LogP contribution < -0.4 is 0 Å². The highest BCUT2D eigenvalue weighted by Gasteiger charge is 2.34. The Labute approximate surface area is 106 Å². The molecule has 1 heteroatoms. The SMILES string of the molecule is CC1=CC(C(O)C2CCCCC2)CC(C)(C)C1. The minimum Gasteiger partial charge on any atom is -0.392 e. The largest absolute Gasteiger partial charge is 0.392 e. The molecule has 98 valence electrons. The van der Waals surface area contributed by atoms with E-state index in [2.05, 4.69) is 26.8 Å². The van der Waals surface area contributed by atoms with Gasteiger partial charge in [-0.25, -0.2) is 0 Å². The summed E-state index contributed by atoms with van der Waals surface area (Å²) in [7, 11) is 0. The van der Waals surface area contributed by atoms with E-state index >= 15 is 0 Å². The molecule has 0 aromatic carbocycles. The first-order chi connectivity index (χ1) is 7.98. The Hall–Kier alpha value is -0.300. The lowest BCUT2D eigenvalue weighted by Gasteiger charge is -2.39. The fourth-order valence-electron chi connectivity index (χ4n) is 3.99. The number of allylic oxidation sites excluding steroid dienone is 1. The third kappa shape index (κ3) is 3.34. The molecule has 2 rings (SSSR count). The molecule has 1 N–H and O–H groups in total. The van der Waals surface area contributed by atoms with Crippen LogP contribution in [0, 0.1) is 17.3 Å². The van der Waals surface area contributed by atoms with Crippen LogP contribution in [0.2, 0.25) is 0 Å². The molecule has 2 aliphatic rings. The smallest absolute Gasteiger partial charge is 0.0631 e. The van der Waals surface area contributed by atoms with E-state index in [1.54, 1.807) is 0 Å². The average molecular weight is 236 g/mol. The van der Waals surface area contributed by atoms with Crippen molar-refractivity contribution >= 4 is 0 Å². The monoisotopic (exact) mass is 236 g/mol. The molecular weight excluding hydrogens is 208 g/mol. The lowest BCUT2D eigenvalue weighted by molar-refractivity contribution is 0.0295. The minimum atomic E-state index is -0.0928. The Balaban J connectivity index is 2.03. The predicted octanol–water partition coefficient (Wildman–Crippen LogP) is 4.31. The van der Waals surface area contributed by atoms with E-state index in [-0.39, 0.29) is 6.10 Å². The van der Waals surface area contributed by atoms with Crippen molar-refractivity contribution in [2.75, 3.05) is 0 Å². The van der Waals surface area contributed by atoms with E-state index in [4.69, 9.17) is 0 Å². The molecule has 1 nitrogen and oxygen atoms in total. The second-order valence-electron chi connectivity index (χ2n) is 7.11. The molecule has 2 aliphatic carbocycles. The highest BCUT2D eigenvalue weighted by Crippen LogP contribution is 2.42. The van der Waals surface area contributed by atoms with Crippen LogP contribution in [0.5, 0.6) is 0 Å². The number of rotatable bonds is 2. The summed E-state index contributed by atoms with van der Waals surface area (Å²) in [5.74, 6) is 0.966. The van der Waals surface area contributed by atoms with Crippen molar-refractivity contribution in [2.45, 2.75) is 71.8 Å². The zero-order valence-electron chi connectivity index (χ0n) is 11.7. The van der Waals surface area contributed by atoms with Crippen molar-refractivity contribution < 1.29 is 5.11 Å². The normalized spacial score (nSPS) is 32.0. The summed E-state index contributed by atoms with van der Waals surface area (Å²) in [5, 5.41) is 10.6. The number of hydrogen-bond donors (Lipinski definition) is 1. The zero-order chi connectivity index (χ0) is 12.5. The van der Waals surface area contributed by atoms with Crippen molar-refractivity contribution in [3.8, 4) is 0 Å². The molecular formula is C16H28O. The summed E-state index contributed by atoms with van der Waals surface area (Å²) in [5.41, 5.74) is 1.85. The zero-order valence-corrected chi connectivity index (χ0v) is 11.7. The summed E-state index contributed by atoms with van der Waals surface area (Å²) in [4.78, 5) is 0. The molecule has 2 unspecified atom stereocenters. The van der Waals surface area contributed by atoms with Gasteiger partial charge in [0.1, 0.15) is 0 Å². The second-order valence-corrected chi connectivity index (χ2v) is 7.11. The lowest BCUT2D eigenvalue weighted by atomic mass is 9.68. The molecule has 17 heavy (non-hydrogen) atoms. The molecule has 0 saturated heterocycles. The molecule has 0 spiro atoms. The van der Waals surface area contributed by atoms with Crippen LogP contribution in [0.25, 0.3) is 0 Å². The van der Waals surface area contributed by atoms with E-state index in [0.29, 0.717) is 17.3 Å². The first kappa shape index (κ1) is 13.1. The molecule has 1 saturated carbocycles. The molecule has 0 bridgehead atoms. The quantitative estimate of drug-likeness (QED) is 0.708. The van der Waals surface area contributed by atoms with Gasteiger partial charge in [-0.05, 0) is 43.9 Å². The standard InChI is InChI=1S/C16H28O/c1-12-9-14(11-16(2,3)10-12)15(17)13-7-5-4-6-8-13/h9,13-15,17H,4-8,10-11H2,1-3H3. The maximum Gasteiger partial charge on any atom is 0.0631 e. The van der Waals surface area contributed by atoms with Crippen LogP contribution in [0.1, 0.15) is 65.7 Å². The van der Waals surface area contributed by atoms with Gasteiger partial charge in [-0.1, -0.05) is 44.8 Å². The third-order valence-electron chi connectivity index (χ3n) is 4.62. The van der Waals surface area contributed by atoms with Crippen LogP contribution >= 0.6 is 0 Å². The maximum atomic E-state index is 10.6. The van der Waals surface area contributed by atoms with Gasteiger partial charge >= 0.3 is 0 Å². The van der Waals surface area contributed by atoms with Crippen molar-refractivity contribution in [1.29, 1.82) is 0 Å². The van der Waals surface area contributed by atoms with Crippen LogP contribution in [-0.4, -0.2) is 11.2 Å². The van der Waals surface area contributed by atoms with Gasteiger partial charge in [0.2, 0.25) is 0 Å². The fraction of sp³-hybridized carbons (Fsp3) is 0.875. The summed E-state index contributed by atoms with van der Waals surface area (Å²) in [6, 6.07) is 0. The van der Waals surface area contributed by atoms with E-state index in [9.17, 15) is 5.11 Å². The van der Waals surface area contributed by atoms with Gasteiger partial charge in [0.05, 0.1) is 6.10 Å². The first-order valence-corrected chi connectivity index (χ1v) is 7.33. The van der Waals surface area contributed by atoms with Gasteiger partial charge in [0.25, 0.3) is 0 Å². The Morgan fingerprint density at radius 2 is 1.88 bits per heavy atom. The lowest BCUT2D eigenvalue weighted by Crippen LogP contribution is -2.35. The topological polar surface area (TPSA) is 20.2 Å². The molecule has 0 radical (unpaired) electrons. The second kappa shape index (κ2) is 5.14. The van der Waals surface area contributed by atoms with Crippen molar-refractivity contribution in [1.82, 2.24) is 0 Å². The molecule has 0 amide bonds. The van der Waals surface area contributed by atoms with Crippen LogP contribution in [0.4, 0.5) is 0 Å². The van der Waals surface area contributed by atoms with Crippen molar-refractivity contribution in [3.63, 3.8) is 0 Å². The van der Waals surface area contributed by atoms with Crippen molar-refractivity contribution in [2.24, 2.45) is 17.3 Å². The summed E-state index contributed by atoms with van der Waals surface area (Å²) in [6.07, 6.45) is 11.1. The van der Waals surface area contributed by atoms with E-state index in [1.807, 2.05) is 0 Å². The number of aliphatic hydroxyl groups excluding tert-OH is 1. The molecule has 1 fully saturated rings. The van der Waals surface area contributed by atoms with E-state index < -0.39 is 0 Å². The Kier molecular flexibility index (Phi) is 3.97. The van der Waals surface area contributed by atoms with Gasteiger partial charge in [-0.15, -0.1) is 0 Å². The first-order valence-electron chi connectivity index (χ1n) is 7.33. The van der Waals surface area contributed by atoms with E-state index in [1.165, 1.54) is 44.1 Å². The summed E-state index contributed by atoms with van der Waals surface area (Å²) < 4.78 is 0. The predicted molar refractivity (Wildman–Crippen MR) is 72.8 cm³/mol. The Morgan fingerprint density at radius 3 is 2.47 bits per heavy atom. The fourth-order valence-corrected chi connectivity index (χ4v) is 3.99. The molecule has 0 aromatic rings. The minimum absolute atomic E-state index is 0.0928. The Morgan fingerprint density at radius 1 is 1.24 bits per heavy atom. The molecule has 0 aromatic heterocycles. The number of hydrogen-bond acceptors (Lipinski definition) is 1. The van der Waals surface area contributed by atoms with Crippen LogP contribution in [-0.2, 0) is 0 Å². The summed E-state index contributed by atoms with van der Waals surface area (Å²) >= 11 is 0. The van der Waals surface area contributed by atoms with Gasteiger partial charge in [-0.3, -0.25) is 0 Å². The highest BCUT2D eigenvalue weighted by molar-refractivity contribution is 5.11. The van der Waals surface area contributed by atoms with Gasteiger partial charge < -0.3 is 5.11 Å². The molecule has 0 heterocycles. The van der Waals surface area contributed by atoms with Gasteiger partial charge in [0, 0.05) is 5.92 Å². The summed E-state index contributed by atoms with van der Waals surface area (Å²) in [6.45, 7) is 6.90. The van der Waals surface area contributed by atoms with Crippen LogP contribution in [0.3, 0.4) is 0 Å². The Bertz CT molecular complexity index is 284. The van der Waals surface area contributed by atoms with Crippen LogP contribution in [0.15, 0.2) is 11.6 Å². The highest BCUT2D eigenvalue weighted by atomic mass is 16.3. The van der Waals surface area contributed by atoms with Gasteiger partial charge in [0.15, 0.2) is 0 Å². The van der Waals surface area contributed by atoms with Gasteiger partial charge in [-0.2, -0.15) is 0 Å².